The SMILES string of the molecule is CN1C2CCC1CN(c1cc(CN)ccn1)CC2. The first-order valence-corrected chi connectivity index (χ1v) is 6.90. The number of nitrogens with zero attached hydrogens (tertiary/aromatic N) is 3. The lowest BCUT2D eigenvalue weighted by atomic mass is 10.1. The van der Waals surface area contributed by atoms with E-state index in [0.29, 0.717) is 12.6 Å². The van der Waals surface area contributed by atoms with Gasteiger partial charge in [-0.3, -0.25) is 4.90 Å². The van der Waals surface area contributed by atoms with Crippen LogP contribution in [0.2, 0.25) is 0 Å². The Hall–Kier alpha value is -1.13. The van der Waals surface area contributed by atoms with Gasteiger partial charge in [0, 0.05) is 37.9 Å². The van der Waals surface area contributed by atoms with Crippen LogP contribution in [0.25, 0.3) is 0 Å². The highest BCUT2D eigenvalue weighted by Crippen LogP contribution is 2.30. The second-order valence-electron chi connectivity index (χ2n) is 5.51. The predicted molar refractivity (Wildman–Crippen MR) is 73.5 cm³/mol. The van der Waals surface area contributed by atoms with Crippen LogP contribution in [-0.4, -0.2) is 42.1 Å². The third kappa shape index (κ3) is 2.10. The second-order valence-corrected chi connectivity index (χ2v) is 5.51. The number of likely N-dealkylation sites (N-methyl/N-ethyl adjacent to an activating group) is 1. The van der Waals surface area contributed by atoms with Gasteiger partial charge < -0.3 is 10.6 Å². The van der Waals surface area contributed by atoms with Gasteiger partial charge in [-0.1, -0.05) is 0 Å². The molecular weight excluding hydrogens is 224 g/mol. The zero-order valence-corrected chi connectivity index (χ0v) is 11.0. The van der Waals surface area contributed by atoms with Gasteiger partial charge in [0.05, 0.1) is 0 Å². The molecule has 98 valence electrons. The van der Waals surface area contributed by atoms with E-state index in [1.165, 1.54) is 24.8 Å². The van der Waals surface area contributed by atoms with E-state index in [0.717, 1.165) is 24.9 Å². The minimum atomic E-state index is 0.593. The van der Waals surface area contributed by atoms with Crippen molar-refractivity contribution in [3.05, 3.63) is 23.9 Å². The van der Waals surface area contributed by atoms with E-state index >= 15 is 0 Å². The summed E-state index contributed by atoms with van der Waals surface area (Å²) in [6, 6.07) is 5.61. The van der Waals surface area contributed by atoms with E-state index in [1.54, 1.807) is 0 Å². The molecule has 4 nitrogen and oxygen atoms in total. The second kappa shape index (κ2) is 4.86. The number of rotatable bonds is 2. The third-order valence-electron chi connectivity index (χ3n) is 4.52. The number of nitrogens with two attached hydrogens (primary N) is 1. The van der Waals surface area contributed by atoms with Crippen molar-refractivity contribution >= 4 is 5.82 Å². The Morgan fingerprint density at radius 3 is 3.00 bits per heavy atom. The molecule has 0 saturated carbocycles. The zero-order valence-electron chi connectivity index (χ0n) is 11.0. The summed E-state index contributed by atoms with van der Waals surface area (Å²) in [6.45, 7) is 2.82. The largest absolute Gasteiger partial charge is 0.355 e. The molecule has 2 bridgehead atoms. The molecule has 0 radical (unpaired) electrons. The molecular formula is C14H22N4. The van der Waals surface area contributed by atoms with Crippen LogP contribution in [-0.2, 0) is 6.54 Å². The molecule has 2 aliphatic heterocycles. The van der Waals surface area contributed by atoms with Crippen molar-refractivity contribution in [2.45, 2.75) is 37.9 Å². The first-order valence-electron chi connectivity index (χ1n) is 6.90. The van der Waals surface area contributed by atoms with Crippen LogP contribution in [0.4, 0.5) is 5.82 Å². The highest BCUT2D eigenvalue weighted by Gasteiger charge is 2.34. The maximum atomic E-state index is 5.71. The molecule has 1 aromatic heterocycles. The van der Waals surface area contributed by atoms with Crippen LogP contribution >= 0.6 is 0 Å². The van der Waals surface area contributed by atoms with Crippen molar-refractivity contribution in [1.29, 1.82) is 0 Å². The van der Waals surface area contributed by atoms with E-state index in [2.05, 4.69) is 27.9 Å². The quantitative estimate of drug-likeness (QED) is 0.852. The van der Waals surface area contributed by atoms with Gasteiger partial charge in [0.2, 0.25) is 0 Å². The summed E-state index contributed by atoms with van der Waals surface area (Å²) in [5.41, 5.74) is 6.88. The van der Waals surface area contributed by atoms with Crippen LogP contribution in [0.3, 0.4) is 0 Å². The maximum absolute atomic E-state index is 5.71. The van der Waals surface area contributed by atoms with Gasteiger partial charge in [0.25, 0.3) is 0 Å². The molecule has 18 heavy (non-hydrogen) atoms. The minimum Gasteiger partial charge on any atom is -0.355 e. The summed E-state index contributed by atoms with van der Waals surface area (Å²) in [4.78, 5) is 9.51. The molecule has 2 saturated heterocycles. The van der Waals surface area contributed by atoms with Crippen LogP contribution in [0, 0.1) is 0 Å². The Bertz CT molecular complexity index is 420. The van der Waals surface area contributed by atoms with Crippen molar-refractivity contribution in [3.8, 4) is 0 Å². The molecule has 0 aromatic carbocycles. The fourth-order valence-corrected chi connectivity index (χ4v) is 3.28. The minimum absolute atomic E-state index is 0.593. The van der Waals surface area contributed by atoms with Crippen LogP contribution < -0.4 is 10.6 Å². The Labute approximate surface area is 109 Å². The van der Waals surface area contributed by atoms with E-state index in [1.807, 2.05) is 12.3 Å². The van der Waals surface area contributed by atoms with Crippen molar-refractivity contribution < 1.29 is 0 Å². The van der Waals surface area contributed by atoms with Crippen molar-refractivity contribution in [1.82, 2.24) is 9.88 Å². The molecule has 3 heterocycles. The summed E-state index contributed by atoms with van der Waals surface area (Å²) < 4.78 is 0. The molecule has 2 atom stereocenters. The Morgan fingerprint density at radius 1 is 1.33 bits per heavy atom. The molecule has 0 aliphatic carbocycles. The Balaban J connectivity index is 1.80. The van der Waals surface area contributed by atoms with Gasteiger partial charge in [0.15, 0.2) is 0 Å². The highest BCUT2D eigenvalue weighted by molar-refractivity contribution is 5.41. The lowest BCUT2D eigenvalue weighted by Gasteiger charge is -2.26. The van der Waals surface area contributed by atoms with E-state index < -0.39 is 0 Å². The molecule has 2 unspecified atom stereocenters. The number of anilines is 1. The van der Waals surface area contributed by atoms with Crippen molar-refractivity contribution in [2.75, 3.05) is 25.0 Å². The molecule has 2 fully saturated rings. The summed E-state index contributed by atoms with van der Waals surface area (Å²) in [6.07, 6.45) is 5.82. The first kappa shape index (κ1) is 11.9. The topological polar surface area (TPSA) is 45.4 Å². The summed E-state index contributed by atoms with van der Waals surface area (Å²) in [7, 11) is 2.27. The van der Waals surface area contributed by atoms with Gasteiger partial charge >= 0.3 is 0 Å². The molecule has 0 spiro atoms. The normalized spacial score (nSPS) is 28.4. The lowest BCUT2D eigenvalue weighted by Crippen LogP contribution is -2.37. The smallest absolute Gasteiger partial charge is 0.128 e. The maximum Gasteiger partial charge on any atom is 0.128 e. The fraction of sp³-hybridized carbons (Fsp3) is 0.643. The average molecular weight is 246 g/mol. The van der Waals surface area contributed by atoms with Gasteiger partial charge in [-0.15, -0.1) is 0 Å². The lowest BCUT2D eigenvalue weighted by molar-refractivity contribution is 0.254. The van der Waals surface area contributed by atoms with Gasteiger partial charge in [-0.2, -0.15) is 0 Å². The van der Waals surface area contributed by atoms with Crippen LogP contribution in [0.5, 0.6) is 0 Å². The van der Waals surface area contributed by atoms with Gasteiger partial charge in [-0.25, -0.2) is 4.98 Å². The first-order chi connectivity index (χ1) is 8.78. The average Bonchev–Trinajstić information content (AvgIpc) is 2.63. The molecule has 1 aromatic rings. The predicted octanol–water partition coefficient (Wildman–Crippen LogP) is 1.21. The molecule has 4 heteroatoms. The molecule has 3 rings (SSSR count). The van der Waals surface area contributed by atoms with Gasteiger partial charge in [-0.05, 0) is 44.0 Å². The molecule has 0 amide bonds. The monoisotopic (exact) mass is 246 g/mol. The van der Waals surface area contributed by atoms with Crippen LogP contribution in [0.15, 0.2) is 18.3 Å². The number of aromatic nitrogens is 1. The number of hydrogen-bond acceptors (Lipinski definition) is 4. The number of fused-ring (bicyclic) bond motifs is 2. The Morgan fingerprint density at radius 2 is 2.17 bits per heavy atom. The summed E-state index contributed by atoms with van der Waals surface area (Å²) >= 11 is 0. The van der Waals surface area contributed by atoms with Crippen molar-refractivity contribution in [2.24, 2.45) is 5.73 Å². The highest BCUT2D eigenvalue weighted by atomic mass is 15.3. The fourth-order valence-electron chi connectivity index (χ4n) is 3.28. The van der Waals surface area contributed by atoms with Gasteiger partial charge in [0.1, 0.15) is 5.82 Å². The van der Waals surface area contributed by atoms with Crippen molar-refractivity contribution in [3.63, 3.8) is 0 Å². The zero-order chi connectivity index (χ0) is 12.5. The van der Waals surface area contributed by atoms with E-state index in [-0.39, 0.29) is 0 Å². The molecule has 2 N–H and O–H groups in total. The number of pyridine rings is 1. The third-order valence-corrected chi connectivity index (χ3v) is 4.52. The summed E-state index contributed by atoms with van der Waals surface area (Å²) in [5.74, 6) is 1.10. The summed E-state index contributed by atoms with van der Waals surface area (Å²) in [5, 5.41) is 0. The Kier molecular flexibility index (Phi) is 3.22. The van der Waals surface area contributed by atoms with Crippen LogP contribution in [0.1, 0.15) is 24.8 Å². The van der Waals surface area contributed by atoms with E-state index in [9.17, 15) is 0 Å². The molecule has 2 aliphatic rings. The standard InChI is InChI=1S/C14H22N4/c1-17-12-2-3-13(17)10-18(7-5-12)14-8-11(9-15)4-6-16-14/h4,6,8,12-13H,2-3,5,7,9-10,15H2,1H3. The van der Waals surface area contributed by atoms with E-state index in [4.69, 9.17) is 5.73 Å². The number of hydrogen-bond donors (Lipinski definition) is 1.